The van der Waals surface area contributed by atoms with Crippen LogP contribution in [0.1, 0.15) is 19.4 Å². The van der Waals surface area contributed by atoms with Crippen LogP contribution in [0.5, 0.6) is 11.5 Å². The van der Waals surface area contributed by atoms with E-state index in [1.165, 1.54) is 0 Å². The minimum absolute atomic E-state index is 0.279. The fourth-order valence-electron chi connectivity index (χ4n) is 1.47. The molecule has 1 aliphatic rings. The fraction of sp³-hybridized carbons (Fsp3) is 0.333. The van der Waals surface area contributed by atoms with E-state index in [9.17, 15) is 0 Å². The molecule has 0 aromatic heterocycles. The van der Waals surface area contributed by atoms with Crippen LogP contribution < -0.4 is 9.47 Å². The number of fused-ring (bicyclic) bond motifs is 1. The van der Waals surface area contributed by atoms with Crippen LogP contribution in [0.4, 0.5) is 0 Å². The van der Waals surface area contributed by atoms with Crippen molar-refractivity contribution in [2.24, 2.45) is 0 Å². The lowest BCUT2D eigenvalue weighted by atomic mass is 9.85. The highest BCUT2D eigenvalue weighted by Crippen LogP contribution is 2.40. The van der Waals surface area contributed by atoms with Crippen molar-refractivity contribution in [1.29, 1.82) is 0 Å². The molecule has 2 rings (SSSR count). The predicted molar refractivity (Wildman–Crippen MR) is 62.1 cm³/mol. The first kappa shape index (κ1) is 10.4. The summed E-state index contributed by atoms with van der Waals surface area (Å²) in [6.45, 7) is 4.27. The molecule has 15 heavy (non-hydrogen) atoms. The van der Waals surface area contributed by atoms with Crippen molar-refractivity contribution in [3.05, 3.63) is 22.2 Å². The lowest BCUT2D eigenvalue weighted by molar-refractivity contribution is 0.174. The quantitative estimate of drug-likeness (QED) is 0.728. The molecule has 0 radical (unpaired) electrons. The first-order chi connectivity index (χ1) is 7.04. The third-order valence-corrected chi connectivity index (χ3v) is 3.15. The summed E-state index contributed by atoms with van der Waals surface area (Å²) in [4.78, 5) is 0. The highest BCUT2D eigenvalue weighted by atomic mass is 79.9. The number of benzene rings is 1. The normalized spacial score (nSPS) is 13.7. The molecule has 2 nitrogen and oxygen atoms in total. The Morgan fingerprint density at radius 2 is 1.93 bits per heavy atom. The van der Waals surface area contributed by atoms with Gasteiger partial charge in [0, 0.05) is 4.47 Å². The van der Waals surface area contributed by atoms with Crippen LogP contribution in [0, 0.1) is 12.3 Å². The van der Waals surface area contributed by atoms with Crippen molar-refractivity contribution in [2.75, 3.05) is 6.79 Å². The fourth-order valence-corrected chi connectivity index (χ4v) is 2.29. The van der Waals surface area contributed by atoms with Gasteiger partial charge < -0.3 is 9.47 Å². The average Bonchev–Trinajstić information content (AvgIpc) is 2.63. The molecule has 0 aliphatic carbocycles. The van der Waals surface area contributed by atoms with Crippen LogP contribution in [0.2, 0.25) is 0 Å². The molecule has 1 aliphatic heterocycles. The summed E-state index contributed by atoms with van der Waals surface area (Å²) < 4.78 is 11.6. The van der Waals surface area contributed by atoms with Crippen LogP contribution in [0.25, 0.3) is 0 Å². The molecule has 0 atom stereocenters. The first-order valence-electron chi connectivity index (χ1n) is 4.62. The summed E-state index contributed by atoms with van der Waals surface area (Å²) in [5, 5.41) is 0. The van der Waals surface area contributed by atoms with Gasteiger partial charge in [-0.1, -0.05) is 21.9 Å². The number of terminal acetylenes is 1. The molecule has 0 spiro atoms. The maximum Gasteiger partial charge on any atom is 0.231 e. The second kappa shape index (κ2) is 3.46. The van der Waals surface area contributed by atoms with E-state index in [1.807, 2.05) is 26.0 Å². The Morgan fingerprint density at radius 1 is 1.33 bits per heavy atom. The maximum atomic E-state index is 5.51. The summed E-state index contributed by atoms with van der Waals surface area (Å²) in [5.74, 6) is 4.29. The standard InChI is InChI=1S/C12H11BrO2/c1-4-12(2,3)8-5-10-11(6-9(8)13)15-7-14-10/h1,5-6H,7H2,2-3H3. The van der Waals surface area contributed by atoms with Crippen molar-refractivity contribution in [3.8, 4) is 23.8 Å². The van der Waals surface area contributed by atoms with Gasteiger partial charge in [0.15, 0.2) is 11.5 Å². The highest BCUT2D eigenvalue weighted by Gasteiger charge is 2.24. The van der Waals surface area contributed by atoms with E-state index in [4.69, 9.17) is 15.9 Å². The molecule has 78 valence electrons. The van der Waals surface area contributed by atoms with E-state index in [2.05, 4.69) is 21.9 Å². The highest BCUT2D eigenvalue weighted by molar-refractivity contribution is 9.10. The van der Waals surface area contributed by atoms with Gasteiger partial charge in [0.05, 0.1) is 5.41 Å². The topological polar surface area (TPSA) is 18.5 Å². The average molecular weight is 267 g/mol. The van der Waals surface area contributed by atoms with Crippen molar-refractivity contribution < 1.29 is 9.47 Å². The summed E-state index contributed by atoms with van der Waals surface area (Å²) in [5.41, 5.74) is 0.717. The van der Waals surface area contributed by atoms with E-state index < -0.39 is 0 Å². The molecule has 0 unspecified atom stereocenters. The molecule has 1 heterocycles. The van der Waals surface area contributed by atoms with Crippen LogP contribution in [0.15, 0.2) is 16.6 Å². The minimum Gasteiger partial charge on any atom is -0.454 e. The zero-order chi connectivity index (χ0) is 11.1. The van der Waals surface area contributed by atoms with Crippen molar-refractivity contribution in [2.45, 2.75) is 19.3 Å². The smallest absolute Gasteiger partial charge is 0.231 e. The molecular formula is C12H11BrO2. The minimum atomic E-state index is -0.320. The van der Waals surface area contributed by atoms with Crippen molar-refractivity contribution in [1.82, 2.24) is 0 Å². The number of ether oxygens (including phenoxy) is 2. The SMILES string of the molecule is C#CC(C)(C)c1cc2c(cc1Br)OCO2. The maximum absolute atomic E-state index is 5.51. The van der Waals surface area contributed by atoms with Gasteiger partial charge in [-0.2, -0.15) is 0 Å². The molecular weight excluding hydrogens is 256 g/mol. The third-order valence-electron chi connectivity index (χ3n) is 2.50. The van der Waals surface area contributed by atoms with Gasteiger partial charge in [-0.3, -0.25) is 0 Å². The lowest BCUT2D eigenvalue weighted by Gasteiger charge is -2.20. The summed E-state index contributed by atoms with van der Waals surface area (Å²) in [7, 11) is 0. The Hall–Kier alpha value is -1.14. The lowest BCUT2D eigenvalue weighted by Crippen LogP contribution is -2.14. The molecule has 1 aromatic carbocycles. The number of hydrogen-bond donors (Lipinski definition) is 0. The Balaban J connectivity index is 2.55. The second-order valence-electron chi connectivity index (χ2n) is 3.95. The van der Waals surface area contributed by atoms with Gasteiger partial charge >= 0.3 is 0 Å². The van der Waals surface area contributed by atoms with Gasteiger partial charge in [-0.05, 0) is 31.5 Å². The van der Waals surface area contributed by atoms with Crippen LogP contribution in [-0.2, 0) is 5.41 Å². The Kier molecular flexibility index (Phi) is 2.40. The summed E-state index contributed by atoms with van der Waals surface area (Å²) in [6.07, 6.45) is 5.51. The largest absolute Gasteiger partial charge is 0.454 e. The molecule has 0 saturated carbocycles. The van der Waals surface area contributed by atoms with E-state index in [1.54, 1.807) is 0 Å². The van der Waals surface area contributed by atoms with E-state index in [-0.39, 0.29) is 12.2 Å². The molecule has 0 fully saturated rings. The van der Waals surface area contributed by atoms with Gasteiger partial charge in [-0.15, -0.1) is 6.42 Å². The third kappa shape index (κ3) is 1.70. The zero-order valence-electron chi connectivity index (χ0n) is 8.63. The zero-order valence-corrected chi connectivity index (χ0v) is 10.2. The predicted octanol–water partition coefficient (Wildman–Crippen LogP) is 3.09. The molecule has 0 N–H and O–H groups in total. The molecule has 0 amide bonds. The van der Waals surface area contributed by atoms with Gasteiger partial charge in [-0.25, -0.2) is 0 Å². The van der Waals surface area contributed by atoms with E-state index in [0.29, 0.717) is 0 Å². The monoisotopic (exact) mass is 266 g/mol. The first-order valence-corrected chi connectivity index (χ1v) is 5.41. The van der Waals surface area contributed by atoms with E-state index in [0.717, 1.165) is 21.5 Å². The van der Waals surface area contributed by atoms with Crippen LogP contribution >= 0.6 is 15.9 Å². The Labute approximate surface area is 97.7 Å². The molecule has 3 heteroatoms. The number of rotatable bonds is 1. The summed E-state index contributed by atoms with van der Waals surface area (Å²) in [6, 6.07) is 3.84. The van der Waals surface area contributed by atoms with Gasteiger partial charge in [0.1, 0.15) is 0 Å². The van der Waals surface area contributed by atoms with Crippen LogP contribution in [-0.4, -0.2) is 6.79 Å². The number of hydrogen-bond acceptors (Lipinski definition) is 2. The molecule has 1 aromatic rings. The second-order valence-corrected chi connectivity index (χ2v) is 4.81. The molecule has 0 bridgehead atoms. The Morgan fingerprint density at radius 3 is 2.53 bits per heavy atom. The Bertz CT molecular complexity index is 444. The number of halogens is 1. The molecule has 0 saturated heterocycles. The van der Waals surface area contributed by atoms with Crippen LogP contribution in [0.3, 0.4) is 0 Å². The van der Waals surface area contributed by atoms with Gasteiger partial charge in [0.25, 0.3) is 0 Å². The van der Waals surface area contributed by atoms with Crippen molar-refractivity contribution >= 4 is 15.9 Å². The van der Waals surface area contributed by atoms with Crippen molar-refractivity contribution in [3.63, 3.8) is 0 Å². The van der Waals surface area contributed by atoms with Gasteiger partial charge in [0.2, 0.25) is 6.79 Å². The van der Waals surface area contributed by atoms with E-state index >= 15 is 0 Å². The summed E-state index contributed by atoms with van der Waals surface area (Å²) >= 11 is 3.50.